The predicted octanol–water partition coefficient (Wildman–Crippen LogP) is 3.41. The van der Waals surface area contributed by atoms with Gasteiger partial charge in [-0.05, 0) is 26.2 Å². The molecule has 0 radical (unpaired) electrons. The van der Waals surface area contributed by atoms with Crippen LogP contribution in [0.15, 0.2) is 0 Å². The molecule has 0 aromatic carbocycles. The molecule has 0 spiro atoms. The number of nitrogens with one attached hydrogen (secondary N) is 1. The molecule has 108 valence electrons. The van der Waals surface area contributed by atoms with Crippen molar-refractivity contribution in [2.45, 2.75) is 57.9 Å². The minimum Gasteiger partial charge on any atom is -0.383 e. The Morgan fingerprint density at radius 1 is 1.32 bits per heavy atom. The first-order valence-corrected chi connectivity index (χ1v) is 8.24. The third-order valence-electron chi connectivity index (χ3n) is 4.11. The molecule has 4 heteroatoms. The summed E-state index contributed by atoms with van der Waals surface area (Å²) in [4.78, 5) is 6.30. The Labute approximate surface area is 120 Å². The van der Waals surface area contributed by atoms with Crippen molar-refractivity contribution in [2.75, 3.05) is 20.3 Å². The molecule has 0 amide bonds. The quantitative estimate of drug-likeness (QED) is 0.812. The van der Waals surface area contributed by atoms with Gasteiger partial charge >= 0.3 is 0 Å². The van der Waals surface area contributed by atoms with E-state index >= 15 is 0 Å². The van der Waals surface area contributed by atoms with Gasteiger partial charge in [0.25, 0.3) is 0 Å². The fraction of sp³-hybridized carbons (Fsp3) is 0.800. The summed E-state index contributed by atoms with van der Waals surface area (Å²) in [6.07, 6.45) is 7.44. The zero-order valence-electron chi connectivity index (χ0n) is 12.4. The van der Waals surface area contributed by atoms with Crippen molar-refractivity contribution in [3.63, 3.8) is 0 Å². The van der Waals surface area contributed by atoms with Crippen molar-refractivity contribution in [2.24, 2.45) is 0 Å². The zero-order chi connectivity index (χ0) is 13.7. The molecule has 1 saturated carbocycles. The summed E-state index contributed by atoms with van der Waals surface area (Å²) in [7, 11) is 1.76. The van der Waals surface area contributed by atoms with Gasteiger partial charge in [0.15, 0.2) is 0 Å². The molecule has 1 aliphatic carbocycles. The second kappa shape index (κ2) is 6.82. The van der Waals surface area contributed by atoms with Crippen LogP contribution in [-0.4, -0.2) is 25.2 Å². The van der Waals surface area contributed by atoms with Gasteiger partial charge < -0.3 is 10.1 Å². The SMILES string of the molecule is CCc1nc(C2(NCCOC)CCCCC2)sc1C. The Kier molecular flexibility index (Phi) is 5.37. The van der Waals surface area contributed by atoms with Gasteiger partial charge in [-0.25, -0.2) is 4.98 Å². The van der Waals surface area contributed by atoms with E-state index in [-0.39, 0.29) is 5.54 Å². The van der Waals surface area contributed by atoms with Crippen molar-refractivity contribution in [1.82, 2.24) is 10.3 Å². The van der Waals surface area contributed by atoms with Gasteiger partial charge in [-0.2, -0.15) is 0 Å². The Hall–Kier alpha value is -0.450. The molecular weight excluding hydrogens is 256 g/mol. The molecule has 3 nitrogen and oxygen atoms in total. The van der Waals surface area contributed by atoms with E-state index in [1.54, 1.807) is 7.11 Å². The highest BCUT2D eigenvalue weighted by Crippen LogP contribution is 2.39. The van der Waals surface area contributed by atoms with E-state index < -0.39 is 0 Å². The Morgan fingerprint density at radius 3 is 2.63 bits per heavy atom. The van der Waals surface area contributed by atoms with E-state index in [9.17, 15) is 0 Å². The van der Waals surface area contributed by atoms with Gasteiger partial charge in [0.1, 0.15) is 5.01 Å². The van der Waals surface area contributed by atoms with Gasteiger partial charge in [-0.1, -0.05) is 26.2 Å². The van der Waals surface area contributed by atoms with E-state index in [2.05, 4.69) is 19.2 Å². The van der Waals surface area contributed by atoms with Gasteiger partial charge in [-0.15, -0.1) is 11.3 Å². The number of nitrogens with zero attached hydrogens (tertiary/aromatic N) is 1. The topological polar surface area (TPSA) is 34.2 Å². The predicted molar refractivity (Wildman–Crippen MR) is 80.9 cm³/mol. The molecular formula is C15H26N2OS. The normalized spacial score (nSPS) is 18.7. The summed E-state index contributed by atoms with van der Waals surface area (Å²) in [6, 6.07) is 0. The molecule has 0 bridgehead atoms. The summed E-state index contributed by atoms with van der Waals surface area (Å²) < 4.78 is 5.18. The molecule has 0 aliphatic heterocycles. The van der Waals surface area contributed by atoms with Crippen molar-refractivity contribution < 1.29 is 4.74 Å². The van der Waals surface area contributed by atoms with Crippen molar-refractivity contribution in [3.8, 4) is 0 Å². The van der Waals surface area contributed by atoms with Crippen LogP contribution in [0.25, 0.3) is 0 Å². The maximum Gasteiger partial charge on any atom is 0.113 e. The molecule has 1 N–H and O–H groups in total. The average molecular weight is 282 g/mol. The first-order valence-electron chi connectivity index (χ1n) is 7.42. The van der Waals surface area contributed by atoms with E-state index in [0.717, 1.165) is 19.6 Å². The number of aromatic nitrogens is 1. The van der Waals surface area contributed by atoms with Crippen LogP contribution in [0.5, 0.6) is 0 Å². The maximum absolute atomic E-state index is 5.18. The molecule has 0 unspecified atom stereocenters. The molecule has 1 aromatic heterocycles. The van der Waals surface area contributed by atoms with Crippen LogP contribution >= 0.6 is 11.3 Å². The van der Waals surface area contributed by atoms with Gasteiger partial charge in [0.2, 0.25) is 0 Å². The van der Waals surface area contributed by atoms with Crippen LogP contribution < -0.4 is 5.32 Å². The molecule has 1 fully saturated rings. The number of ether oxygens (including phenoxy) is 1. The summed E-state index contributed by atoms with van der Waals surface area (Å²) in [5, 5.41) is 5.04. The third-order valence-corrected chi connectivity index (χ3v) is 5.33. The molecule has 2 rings (SSSR count). The highest BCUT2D eigenvalue weighted by Gasteiger charge is 2.36. The summed E-state index contributed by atoms with van der Waals surface area (Å²) in [5.74, 6) is 0. The molecule has 1 heterocycles. The van der Waals surface area contributed by atoms with Gasteiger partial charge in [-0.3, -0.25) is 0 Å². The average Bonchev–Trinajstić information content (AvgIpc) is 2.82. The van der Waals surface area contributed by atoms with Crippen LogP contribution in [0.3, 0.4) is 0 Å². The largest absolute Gasteiger partial charge is 0.383 e. The molecule has 0 atom stereocenters. The third kappa shape index (κ3) is 3.36. The summed E-state index contributed by atoms with van der Waals surface area (Å²) >= 11 is 1.89. The molecule has 1 aliphatic rings. The Balaban J connectivity index is 2.19. The standard InChI is InChI=1S/C15H26N2OS/c1-4-13-12(2)19-14(17-13)15(16-10-11-18-3)8-6-5-7-9-15/h16H,4-11H2,1-3H3. The Bertz CT molecular complexity index is 397. The maximum atomic E-state index is 5.18. The number of hydrogen-bond donors (Lipinski definition) is 1. The minimum absolute atomic E-state index is 0.111. The fourth-order valence-electron chi connectivity index (χ4n) is 2.97. The van der Waals surface area contributed by atoms with Gasteiger partial charge in [0, 0.05) is 18.5 Å². The molecule has 19 heavy (non-hydrogen) atoms. The number of aryl methyl sites for hydroxylation is 2. The summed E-state index contributed by atoms with van der Waals surface area (Å²) in [6.45, 7) is 6.08. The monoisotopic (exact) mass is 282 g/mol. The van der Waals surface area contributed by atoms with Crippen LogP contribution in [-0.2, 0) is 16.7 Å². The first-order chi connectivity index (χ1) is 9.22. The van der Waals surface area contributed by atoms with Gasteiger partial charge in [0.05, 0.1) is 17.8 Å². The van der Waals surface area contributed by atoms with E-state index in [1.165, 1.54) is 47.7 Å². The second-order valence-corrected chi connectivity index (χ2v) is 6.64. The fourth-order valence-corrected chi connectivity index (χ4v) is 4.20. The van der Waals surface area contributed by atoms with E-state index in [4.69, 9.17) is 9.72 Å². The van der Waals surface area contributed by atoms with E-state index in [0.29, 0.717) is 0 Å². The lowest BCUT2D eigenvalue weighted by molar-refractivity contribution is 0.166. The highest BCUT2D eigenvalue weighted by molar-refractivity contribution is 7.11. The summed E-state index contributed by atoms with van der Waals surface area (Å²) in [5.41, 5.74) is 1.39. The lowest BCUT2D eigenvalue weighted by Crippen LogP contribution is -2.45. The minimum atomic E-state index is 0.111. The number of thiazole rings is 1. The Morgan fingerprint density at radius 2 is 2.05 bits per heavy atom. The van der Waals surface area contributed by atoms with E-state index in [1.807, 2.05) is 11.3 Å². The number of methoxy groups -OCH3 is 1. The van der Waals surface area contributed by atoms with Crippen LogP contribution in [0.1, 0.15) is 54.6 Å². The van der Waals surface area contributed by atoms with Crippen molar-refractivity contribution in [1.29, 1.82) is 0 Å². The van der Waals surface area contributed by atoms with Crippen molar-refractivity contribution in [3.05, 3.63) is 15.6 Å². The first kappa shape index (κ1) is 14.9. The second-order valence-electron chi connectivity index (χ2n) is 5.44. The van der Waals surface area contributed by atoms with Crippen LogP contribution in [0.4, 0.5) is 0 Å². The number of rotatable bonds is 6. The lowest BCUT2D eigenvalue weighted by Gasteiger charge is -2.36. The molecule has 1 aromatic rings. The van der Waals surface area contributed by atoms with Crippen LogP contribution in [0, 0.1) is 6.92 Å². The van der Waals surface area contributed by atoms with Crippen LogP contribution in [0.2, 0.25) is 0 Å². The lowest BCUT2D eigenvalue weighted by atomic mass is 9.82. The van der Waals surface area contributed by atoms with Crippen molar-refractivity contribution >= 4 is 11.3 Å². The number of hydrogen-bond acceptors (Lipinski definition) is 4. The molecule has 0 saturated heterocycles. The zero-order valence-corrected chi connectivity index (χ0v) is 13.2. The highest BCUT2D eigenvalue weighted by atomic mass is 32.1. The smallest absolute Gasteiger partial charge is 0.113 e.